The fraction of sp³-hybridized carbons (Fsp3) is 0.778. The van der Waals surface area contributed by atoms with Gasteiger partial charge in [0.1, 0.15) is 5.25 Å². The minimum atomic E-state index is -3.21. The maximum absolute atomic E-state index is 11.3. The van der Waals surface area contributed by atoms with E-state index < -0.39 is 15.1 Å². The van der Waals surface area contributed by atoms with E-state index in [1.165, 1.54) is 6.92 Å². The predicted molar refractivity (Wildman–Crippen MR) is 59.4 cm³/mol. The largest absolute Gasteiger partial charge is 0.338 e. The van der Waals surface area contributed by atoms with Gasteiger partial charge >= 0.3 is 0 Å². The van der Waals surface area contributed by atoms with Gasteiger partial charge in [-0.1, -0.05) is 18.5 Å². The van der Waals surface area contributed by atoms with E-state index in [0.717, 1.165) is 19.1 Å². The molecule has 2 atom stereocenters. The van der Waals surface area contributed by atoms with Crippen molar-refractivity contribution in [2.45, 2.75) is 38.0 Å². The van der Waals surface area contributed by atoms with Crippen LogP contribution in [-0.4, -0.2) is 24.8 Å². The molecule has 92 valence electrons. The van der Waals surface area contributed by atoms with E-state index >= 15 is 0 Å². The van der Waals surface area contributed by atoms with Crippen LogP contribution in [0.1, 0.15) is 49.7 Å². The molecule has 7 heteroatoms. The lowest BCUT2D eigenvalue weighted by atomic mass is 10.2. The molecule has 1 aromatic rings. The van der Waals surface area contributed by atoms with Crippen molar-refractivity contribution in [2.24, 2.45) is 5.73 Å². The molecule has 2 N–H and O–H groups in total. The van der Waals surface area contributed by atoms with Crippen molar-refractivity contribution in [3.63, 3.8) is 0 Å². The molecule has 0 spiro atoms. The van der Waals surface area contributed by atoms with Crippen molar-refractivity contribution in [2.75, 3.05) is 6.26 Å². The lowest BCUT2D eigenvalue weighted by Crippen LogP contribution is -2.12. The van der Waals surface area contributed by atoms with Gasteiger partial charge < -0.3 is 10.3 Å². The van der Waals surface area contributed by atoms with Crippen LogP contribution in [-0.2, 0) is 9.84 Å². The van der Waals surface area contributed by atoms with Gasteiger partial charge in [0.25, 0.3) is 0 Å². The van der Waals surface area contributed by atoms with Crippen molar-refractivity contribution in [1.82, 2.24) is 10.1 Å². The highest BCUT2D eigenvalue weighted by Gasteiger charge is 2.24. The Morgan fingerprint density at radius 1 is 1.50 bits per heavy atom. The number of hydrogen-bond acceptors (Lipinski definition) is 6. The second-order valence-corrected chi connectivity index (χ2v) is 6.22. The van der Waals surface area contributed by atoms with Gasteiger partial charge in [0.05, 0.1) is 6.04 Å². The molecule has 0 aromatic carbocycles. The third-order valence-corrected chi connectivity index (χ3v) is 3.88. The summed E-state index contributed by atoms with van der Waals surface area (Å²) in [7, 11) is -3.21. The second-order valence-electron chi connectivity index (χ2n) is 3.86. The molecule has 0 amide bonds. The van der Waals surface area contributed by atoms with Gasteiger partial charge in [0.2, 0.25) is 5.89 Å². The van der Waals surface area contributed by atoms with Crippen molar-refractivity contribution in [3.05, 3.63) is 11.7 Å². The van der Waals surface area contributed by atoms with Crippen molar-refractivity contribution in [3.8, 4) is 0 Å². The van der Waals surface area contributed by atoms with Crippen molar-refractivity contribution >= 4 is 9.84 Å². The predicted octanol–water partition coefficient (Wildman–Crippen LogP) is 0.975. The average molecular weight is 247 g/mol. The molecule has 16 heavy (non-hydrogen) atoms. The van der Waals surface area contributed by atoms with Gasteiger partial charge in [-0.2, -0.15) is 4.98 Å². The summed E-state index contributed by atoms with van der Waals surface area (Å²) in [6.45, 7) is 3.52. The maximum Gasteiger partial charge on any atom is 0.243 e. The molecular weight excluding hydrogens is 230 g/mol. The zero-order valence-electron chi connectivity index (χ0n) is 9.67. The Kier molecular flexibility index (Phi) is 4.03. The topological polar surface area (TPSA) is 99.1 Å². The van der Waals surface area contributed by atoms with Crippen LogP contribution in [0.25, 0.3) is 0 Å². The van der Waals surface area contributed by atoms with E-state index in [4.69, 9.17) is 10.3 Å². The highest BCUT2D eigenvalue weighted by molar-refractivity contribution is 7.90. The Balaban J connectivity index is 2.87. The molecule has 0 saturated heterocycles. The lowest BCUT2D eigenvalue weighted by molar-refractivity contribution is 0.344. The standard InChI is InChI=1S/C9H17N3O3S/c1-4-5-7(10)9-11-8(12-15-9)6(2)16(3,13)14/h6-7H,4-5,10H2,1-3H3. The first-order valence-corrected chi connectivity index (χ1v) is 7.09. The van der Waals surface area contributed by atoms with Crippen molar-refractivity contribution in [1.29, 1.82) is 0 Å². The molecule has 0 radical (unpaired) electrons. The van der Waals surface area contributed by atoms with Crippen LogP contribution in [0.5, 0.6) is 0 Å². The van der Waals surface area contributed by atoms with Gasteiger partial charge in [-0.25, -0.2) is 8.42 Å². The van der Waals surface area contributed by atoms with Gasteiger partial charge in [-0.3, -0.25) is 0 Å². The van der Waals surface area contributed by atoms with Crippen LogP contribution < -0.4 is 5.73 Å². The summed E-state index contributed by atoms with van der Waals surface area (Å²) in [5.74, 6) is 0.469. The van der Waals surface area contributed by atoms with Gasteiger partial charge in [0, 0.05) is 6.26 Å². The van der Waals surface area contributed by atoms with E-state index in [1.807, 2.05) is 6.92 Å². The number of nitrogens with zero attached hydrogens (tertiary/aromatic N) is 2. The van der Waals surface area contributed by atoms with E-state index in [0.29, 0.717) is 5.89 Å². The molecule has 1 rings (SSSR count). The monoisotopic (exact) mass is 247 g/mol. The highest BCUT2D eigenvalue weighted by Crippen LogP contribution is 2.20. The van der Waals surface area contributed by atoms with E-state index in [9.17, 15) is 8.42 Å². The summed E-state index contributed by atoms with van der Waals surface area (Å²) in [6, 6.07) is -0.321. The second kappa shape index (κ2) is 4.92. The highest BCUT2D eigenvalue weighted by atomic mass is 32.2. The molecule has 1 heterocycles. The Hall–Kier alpha value is -0.950. The summed E-state index contributed by atoms with van der Waals surface area (Å²) in [5, 5.41) is 2.88. The number of nitrogens with two attached hydrogens (primary N) is 1. The van der Waals surface area contributed by atoms with E-state index in [-0.39, 0.29) is 11.9 Å². The summed E-state index contributed by atoms with van der Waals surface area (Å²) in [5.41, 5.74) is 5.78. The minimum Gasteiger partial charge on any atom is -0.338 e. The summed E-state index contributed by atoms with van der Waals surface area (Å²) in [6.07, 6.45) is 2.77. The first kappa shape index (κ1) is 13.1. The van der Waals surface area contributed by atoms with Crippen molar-refractivity contribution < 1.29 is 12.9 Å². The molecule has 0 fully saturated rings. The summed E-state index contributed by atoms with van der Waals surface area (Å²) >= 11 is 0. The van der Waals surface area contributed by atoms with Crippen LogP contribution in [0.3, 0.4) is 0 Å². The third-order valence-electron chi connectivity index (χ3n) is 2.38. The zero-order chi connectivity index (χ0) is 12.3. The molecule has 0 aliphatic heterocycles. The molecule has 0 bridgehead atoms. The van der Waals surface area contributed by atoms with Gasteiger partial charge in [-0.05, 0) is 13.3 Å². The molecule has 0 saturated carbocycles. The fourth-order valence-corrected chi connectivity index (χ4v) is 1.67. The molecule has 0 aliphatic carbocycles. The number of hydrogen-bond donors (Lipinski definition) is 1. The Labute approximate surface area is 95.1 Å². The summed E-state index contributed by atoms with van der Waals surface area (Å²) < 4.78 is 27.5. The smallest absolute Gasteiger partial charge is 0.243 e. The first-order valence-electron chi connectivity index (χ1n) is 5.14. The van der Waals surface area contributed by atoms with Gasteiger partial charge in [0.15, 0.2) is 15.7 Å². The minimum absolute atomic E-state index is 0.170. The maximum atomic E-state index is 11.3. The van der Waals surface area contributed by atoms with Crippen LogP contribution in [0, 0.1) is 0 Å². The number of rotatable bonds is 5. The fourth-order valence-electron chi connectivity index (χ4n) is 1.19. The lowest BCUT2D eigenvalue weighted by Gasteiger charge is -2.03. The number of sulfone groups is 1. The summed E-state index contributed by atoms with van der Waals surface area (Å²) in [4.78, 5) is 4.01. The molecule has 1 aromatic heterocycles. The molecule has 0 aliphatic rings. The quantitative estimate of drug-likeness (QED) is 0.832. The number of aromatic nitrogens is 2. The van der Waals surface area contributed by atoms with E-state index in [1.54, 1.807) is 0 Å². The Bertz CT molecular complexity index is 441. The molecule has 6 nitrogen and oxygen atoms in total. The normalized spacial score (nSPS) is 16.0. The zero-order valence-corrected chi connectivity index (χ0v) is 10.5. The van der Waals surface area contributed by atoms with Crippen LogP contribution in [0.2, 0.25) is 0 Å². The Morgan fingerprint density at radius 3 is 2.62 bits per heavy atom. The van der Waals surface area contributed by atoms with Gasteiger partial charge in [-0.15, -0.1) is 0 Å². The van der Waals surface area contributed by atoms with Crippen LogP contribution >= 0.6 is 0 Å². The average Bonchev–Trinajstić information content (AvgIpc) is 2.64. The van der Waals surface area contributed by atoms with Crippen LogP contribution in [0.15, 0.2) is 4.52 Å². The third kappa shape index (κ3) is 3.02. The van der Waals surface area contributed by atoms with E-state index in [2.05, 4.69) is 10.1 Å². The van der Waals surface area contributed by atoms with Crippen LogP contribution in [0.4, 0.5) is 0 Å². The SMILES string of the molecule is CCCC(N)c1nc(C(C)S(C)(=O)=O)no1. The molecule has 2 unspecified atom stereocenters. The molecular formula is C9H17N3O3S. The first-order chi connectivity index (χ1) is 7.36. The Morgan fingerprint density at radius 2 is 2.12 bits per heavy atom.